The molecule has 0 spiro atoms. The zero-order chi connectivity index (χ0) is 21.9. The lowest BCUT2D eigenvalue weighted by atomic mass is 10.2. The summed E-state index contributed by atoms with van der Waals surface area (Å²) in [5.74, 6) is 0.996. The highest BCUT2D eigenvalue weighted by Crippen LogP contribution is 2.10. The number of nitrogens with zero attached hydrogens (tertiary/aromatic N) is 7. The maximum Gasteiger partial charge on any atom is 0.147 e. The number of likely N-dealkylation sites (tertiary alicyclic amines) is 1. The zero-order valence-corrected chi connectivity index (χ0v) is 19.7. The van der Waals surface area contributed by atoms with Crippen molar-refractivity contribution in [1.82, 2.24) is 29.6 Å². The van der Waals surface area contributed by atoms with Crippen LogP contribution in [-0.2, 0) is 0 Å². The van der Waals surface area contributed by atoms with Gasteiger partial charge in [0.1, 0.15) is 5.82 Å². The smallest absolute Gasteiger partial charge is 0.147 e. The molecule has 32 heavy (non-hydrogen) atoms. The third kappa shape index (κ3) is 11.5. The third-order valence-electron chi connectivity index (χ3n) is 6.01. The van der Waals surface area contributed by atoms with Crippen molar-refractivity contribution in [2.45, 2.75) is 47.3 Å². The SMILES string of the molecule is C.C.CC(C)N1CCN(C)CC1.CN1CCC(O)C1.CN1CCN(c2cnccn2)CC1. The van der Waals surface area contributed by atoms with Crippen LogP contribution in [0.15, 0.2) is 18.6 Å². The van der Waals surface area contributed by atoms with E-state index in [1.165, 1.54) is 26.2 Å². The summed E-state index contributed by atoms with van der Waals surface area (Å²) in [4.78, 5) is 20.0. The number of likely N-dealkylation sites (N-methyl/N-ethyl adjacent to an activating group) is 3. The second-order valence-corrected chi connectivity index (χ2v) is 8.99. The van der Waals surface area contributed by atoms with E-state index in [9.17, 15) is 0 Å². The van der Waals surface area contributed by atoms with Crippen molar-refractivity contribution in [3.63, 3.8) is 0 Å². The van der Waals surface area contributed by atoms with Gasteiger partial charge in [-0.15, -0.1) is 0 Å². The second-order valence-electron chi connectivity index (χ2n) is 8.99. The van der Waals surface area contributed by atoms with Gasteiger partial charge in [0.25, 0.3) is 0 Å². The van der Waals surface area contributed by atoms with Crippen molar-refractivity contribution < 1.29 is 5.11 Å². The van der Waals surface area contributed by atoms with Gasteiger partial charge in [-0.3, -0.25) is 9.88 Å². The van der Waals surface area contributed by atoms with Gasteiger partial charge in [0.05, 0.1) is 12.3 Å². The first-order valence-electron chi connectivity index (χ1n) is 11.3. The van der Waals surface area contributed by atoms with Gasteiger partial charge in [0, 0.05) is 83.9 Å². The van der Waals surface area contributed by atoms with Crippen molar-refractivity contribution in [3.05, 3.63) is 18.6 Å². The number of aliphatic hydroxyl groups is 1. The van der Waals surface area contributed by atoms with Crippen LogP contribution in [0.2, 0.25) is 0 Å². The number of hydrogen-bond donors (Lipinski definition) is 1. The molecule has 0 radical (unpaired) electrons. The first kappa shape index (κ1) is 30.7. The molecule has 0 aliphatic carbocycles. The van der Waals surface area contributed by atoms with Gasteiger partial charge in [-0.1, -0.05) is 14.9 Å². The van der Waals surface area contributed by atoms with E-state index < -0.39 is 0 Å². The Hall–Kier alpha value is -1.32. The number of β-amino-alcohol motifs (C(OH)–C–C–N with tert-alkyl or cyclic N) is 1. The lowest BCUT2D eigenvalue weighted by Crippen LogP contribution is -2.47. The minimum Gasteiger partial charge on any atom is -0.392 e. The van der Waals surface area contributed by atoms with Crippen molar-refractivity contribution in [2.75, 3.05) is 91.5 Å². The molecule has 0 bridgehead atoms. The molecule has 8 heteroatoms. The lowest BCUT2D eigenvalue weighted by molar-refractivity contribution is 0.126. The van der Waals surface area contributed by atoms with Crippen molar-refractivity contribution in [1.29, 1.82) is 0 Å². The number of anilines is 1. The predicted octanol–water partition coefficient (Wildman–Crippen LogP) is 1.83. The van der Waals surface area contributed by atoms with Gasteiger partial charge < -0.3 is 24.7 Å². The van der Waals surface area contributed by atoms with Gasteiger partial charge in [-0.05, 0) is 41.4 Å². The fourth-order valence-corrected chi connectivity index (χ4v) is 3.74. The fraction of sp³-hybridized carbons (Fsp3) is 0.833. The maximum atomic E-state index is 8.86. The number of aliphatic hydroxyl groups excluding tert-OH is 1. The average molecular weight is 454 g/mol. The molecule has 188 valence electrons. The third-order valence-corrected chi connectivity index (χ3v) is 6.01. The molecular formula is C24H51N7O. The van der Waals surface area contributed by atoms with E-state index in [2.05, 4.69) is 62.4 Å². The molecule has 1 unspecified atom stereocenters. The summed E-state index contributed by atoms with van der Waals surface area (Å²) in [6.45, 7) is 15.7. The highest BCUT2D eigenvalue weighted by molar-refractivity contribution is 5.35. The van der Waals surface area contributed by atoms with E-state index in [-0.39, 0.29) is 21.0 Å². The molecule has 3 saturated heterocycles. The van der Waals surface area contributed by atoms with Gasteiger partial charge in [0.2, 0.25) is 0 Å². The Morgan fingerprint density at radius 2 is 1.38 bits per heavy atom. The van der Waals surface area contributed by atoms with Crippen LogP contribution >= 0.6 is 0 Å². The molecule has 3 fully saturated rings. The Morgan fingerprint density at radius 1 is 0.812 bits per heavy atom. The maximum absolute atomic E-state index is 8.86. The molecule has 0 aromatic carbocycles. The normalized spacial score (nSPS) is 22.7. The van der Waals surface area contributed by atoms with E-state index in [1.54, 1.807) is 12.4 Å². The monoisotopic (exact) mass is 453 g/mol. The number of piperazine rings is 2. The van der Waals surface area contributed by atoms with Crippen LogP contribution in [-0.4, -0.2) is 133 Å². The summed E-state index contributed by atoms with van der Waals surface area (Å²) >= 11 is 0. The summed E-state index contributed by atoms with van der Waals surface area (Å²) in [6, 6.07) is 0.730. The minimum atomic E-state index is -0.0509. The summed E-state index contributed by atoms with van der Waals surface area (Å²) in [5, 5.41) is 8.86. The van der Waals surface area contributed by atoms with Crippen LogP contribution < -0.4 is 4.90 Å². The molecule has 1 aromatic heterocycles. The number of rotatable bonds is 2. The predicted molar refractivity (Wildman–Crippen MR) is 138 cm³/mol. The van der Waals surface area contributed by atoms with E-state index in [1.807, 2.05) is 13.2 Å². The molecular weight excluding hydrogens is 402 g/mol. The molecule has 3 aliphatic heterocycles. The van der Waals surface area contributed by atoms with Crippen molar-refractivity contribution in [3.8, 4) is 0 Å². The number of aromatic nitrogens is 2. The molecule has 8 nitrogen and oxygen atoms in total. The van der Waals surface area contributed by atoms with E-state index in [4.69, 9.17) is 5.11 Å². The quantitative estimate of drug-likeness (QED) is 0.728. The molecule has 3 aliphatic rings. The standard InChI is InChI=1S/C9H14N4.C8H18N2.C5H11NO.2CH4/c1-12-4-6-13(7-5-12)9-8-10-2-3-11-9;1-8(2)10-6-4-9(3)5-7-10;1-6-3-2-5(7)4-6;;/h2-3,8H,4-7H2,1H3;8H,4-7H2,1-3H3;5,7H,2-4H2,1H3;2*1H4. The molecule has 1 N–H and O–H groups in total. The van der Waals surface area contributed by atoms with Gasteiger partial charge in [-0.2, -0.15) is 0 Å². The largest absolute Gasteiger partial charge is 0.392 e. The van der Waals surface area contributed by atoms with Crippen molar-refractivity contribution in [2.24, 2.45) is 0 Å². The van der Waals surface area contributed by atoms with Crippen LogP contribution in [0.3, 0.4) is 0 Å². The lowest BCUT2D eigenvalue weighted by Gasteiger charge is -2.34. The fourth-order valence-electron chi connectivity index (χ4n) is 3.74. The minimum absolute atomic E-state index is 0. The van der Waals surface area contributed by atoms with Crippen molar-refractivity contribution >= 4 is 5.82 Å². The van der Waals surface area contributed by atoms with Crippen LogP contribution in [0.25, 0.3) is 0 Å². The van der Waals surface area contributed by atoms with Gasteiger partial charge in [-0.25, -0.2) is 4.98 Å². The Labute approximate surface area is 198 Å². The van der Waals surface area contributed by atoms with E-state index >= 15 is 0 Å². The number of hydrogen-bond acceptors (Lipinski definition) is 8. The Morgan fingerprint density at radius 3 is 1.75 bits per heavy atom. The Bertz CT molecular complexity index is 551. The molecule has 0 saturated carbocycles. The summed E-state index contributed by atoms with van der Waals surface area (Å²) in [7, 11) is 6.36. The first-order chi connectivity index (χ1) is 14.3. The Balaban J connectivity index is 0.000000456. The molecule has 4 rings (SSSR count). The van der Waals surface area contributed by atoms with Crippen LogP contribution in [0.4, 0.5) is 5.82 Å². The topological polar surface area (TPSA) is 62.2 Å². The molecule has 1 aromatic rings. The van der Waals surface area contributed by atoms with Crippen LogP contribution in [0.5, 0.6) is 0 Å². The molecule has 1 atom stereocenters. The zero-order valence-electron chi connectivity index (χ0n) is 19.7. The van der Waals surface area contributed by atoms with Gasteiger partial charge in [0.15, 0.2) is 0 Å². The Kier molecular flexibility index (Phi) is 15.6. The second kappa shape index (κ2) is 16.3. The van der Waals surface area contributed by atoms with Gasteiger partial charge >= 0.3 is 0 Å². The molecule has 4 heterocycles. The average Bonchev–Trinajstić information content (AvgIpc) is 3.13. The van der Waals surface area contributed by atoms with E-state index in [0.29, 0.717) is 0 Å². The van der Waals surface area contributed by atoms with Crippen LogP contribution in [0, 0.1) is 0 Å². The highest BCUT2D eigenvalue weighted by Gasteiger charge is 2.16. The summed E-state index contributed by atoms with van der Waals surface area (Å²) in [5.41, 5.74) is 0. The highest BCUT2D eigenvalue weighted by atomic mass is 16.3. The summed E-state index contributed by atoms with van der Waals surface area (Å²) in [6.07, 6.45) is 6.18. The first-order valence-corrected chi connectivity index (χ1v) is 11.3. The summed E-state index contributed by atoms with van der Waals surface area (Å²) < 4.78 is 0. The van der Waals surface area contributed by atoms with Crippen LogP contribution in [0.1, 0.15) is 35.1 Å². The van der Waals surface area contributed by atoms with E-state index in [0.717, 1.165) is 57.5 Å². The molecule has 0 amide bonds.